The minimum atomic E-state index is 0.740. The number of rotatable bonds is 5. The van der Waals surface area contributed by atoms with Crippen LogP contribution in [0, 0.1) is 0 Å². The molecule has 0 spiro atoms. The van der Waals surface area contributed by atoms with E-state index in [2.05, 4.69) is 41.7 Å². The number of hydrogen-bond donors (Lipinski definition) is 2. The van der Waals surface area contributed by atoms with Crippen LogP contribution in [0.1, 0.15) is 29.7 Å². The quantitative estimate of drug-likeness (QED) is 0.874. The number of hydrogen-bond acceptors (Lipinski definition) is 3. The lowest BCUT2D eigenvalue weighted by Gasteiger charge is -2.09. The van der Waals surface area contributed by atoms with Crippen molar-refractivity contribution in [1.29, 1.82) is 0 Å². The molecule has 1 aliphatic carbocycles. The van der Waals surface area contributed by atoms with E-state index in [-0.39, 0.29) is 0 Å². The zero-order valence-electron chi connectivity index (χ0n) is 11.7. The summed E-state index contributed by atoms with van der Waals surface area (Å²) in [5.41, 5.74) is 10.7. The average Bonchev–Trinajstić information content (AvgIpc) is 2.93. The van der Waals surface area contributed by atoms with E-state index in [1.807, 2.05) is 0 Å². The fourth-order valence-corrected chi connectivity index (χ4v) is 2.75. The van der Waals surface area contributed by atoms with Gasteiger partial charge in [-0.2, -0.15) is 0 Å². The first kappa shape index (κ1) is 13.1. The summed E-state index contributed by atoms with van der Waals surface area (Å²) in [4.78, 5) is 4.71. The molecule has 0 radical (unpaired) electrons. The van der Waals surface area contributed by atoms with Gasteiger partial charge in [-0.3, -0.25) is 0 Å². The zero-order chi connectivity index (χ0) is 13.8. The topological polar surface area (TPSA) is 50.9 Å². The molecule has 0 unspecified atom stereocenters. The Labute approximate surface area is 120 Å². The molecule has 3 nitrogen and oxygen atoms in total. The average molecular weight is 267 g/mol. The van der Waals surface area contributed by atoms with Crippen LogP contribution in [-0.2, 0) is 19.3 Å². The Morgan fingerprint density at radius 3 is 3.00 bits per heavy atom. The number of pyridine rings is 1. The zero-order valence-corrected chi connectivity index (χ0v) is 11.7. The second kappa shape index (κ2) is 6.06. The Kier molecular flexibility index (Phi) is 3.97. The van der Waals surface area contributed by atoms with Gasteiger partial charge in [0.2, 0.25) is 0 Å². The maximum Gasteiger partial charge on any atom is 0.130 e. The summed E-state index contributed by atoms with van der Waals surface area (Å²) in [6.45, 7) is 0.740. The van der Waals surface area contributed by atoms with E-state index in [1.54, 1.807) is 0 Å². The maximum absolute atomic E-state index is 5.56. The first-order chi connectivity index (χ1) is 9.85. The summed E-state index contributed by atoms with van der Waals surface area (Å²) < 4.78 is 0. The molecule has 1 aromatic heterocycles. The summed E-state index contributed by atoms with van der Waals surface area (Å²) in [6.07, 6.45) is 5.59. The van der Waals surface area contributed by atoms with Gasteiger partial charge in [-0.05, 0) is 68.0 Å². The third-order valence-corrected chi connectivity index (χ3v) is 3.80. The van der Waals surface area contributed by atoms with Crippen LogP contribution in [0.3, 0.4) is 0 Å². The number of benzene rings is 1. The van der Waals surface area contributed by atoms with Crippen molar-refractivity contribution in [2.45, 2.75) is 32.1 Å². The molecule has 0 saturated heterocycles. The van der Waals surface area contributed by atoms with Crippen molar-refractivity contribution in [3.05, 3.63) is 53.2 Å². The van der Waals surface area contributed by atoms with Gasteiger partial charge in [0, 0.05) is 11.4 Å². The van der Waals surface area contributed by atoms with Gasteiger partial charge in [-0.15, -0.1) is 0 Å². The fourth-order valence-electron chi connectivity index (χ4n) is 2.75. The SMILES string of the molecule is NCCCc1cccc(Nc2ccc3c(n2)CCC3)c1. The van der Waals surface area contributed by atoms with Gasteiger partial charge < -0.3 is 11.1 Å². The van der Waals surface area contributed by atoms with E-state index in [0.717, 1.165) is 37.3 Å². The third kappa shape index (κ3) is 2.99. The third-order valence-electron chi connectivity index (χ3n) is 3.80. The Bertz CT molecular complexity index is 593. The minimum absolute atomic E-state index is 0.740. The minimum Gasteiger partial charge on any atom is -0.340 e. The van der Waals surface area contributed by atoms with Gasteiger partial charge in [0.05, 0.1) is 0 Å². The van der Waals surface area contributed by atoms with Crippen molar-refractivity contribution < 1.29 is 0 Å². The molecule has 1 heterocycles. The molecule has 0 saturated carbocycles. The molecule has 3 heteroatoms. The van der Waals surface area contributed by atoms with E-state index in [4.69, 9.17) is 10.7 Å². The van der Waals surface area contributed by atoms with Crippen LogP contribution in [-0.4, -0.2) is 11.5 Å². The van der Waals surface area contributed by atoms with Crippen molar-refractivity contribution in [2.24, 2.45) is 5.73 Å². The molecule has 104 valence electrons. The highest BCUT2D eigenvalue weighted by atomic mass is 15.0. The molecule has 3 rings (SSSR count). The Morgan fingerprint density at radius 2 is 2.10 bits per heavy atom. The van der Waals surface area contributed by atoms with Crippen LogP contribution < -0.4 is 11.1 Å². The molecule has 0 atom stereocenters. The predicted molar refractivity (Wildman–Crippen MR) is 83.4 cm³/mol. The van der Waals surface area contributed by atoms with Gasteiger partial charge in [0.25, 0.3) is 0 Å². The van der Waals surface area contributed by atoms with Gasteiger partial charge in [-0.25, -0.2) is 4.98 Å². The largest absolute Gasteiger partial charge is 0.340 e. The van der Waals surface area contributed by atoms with E-state index >= 15 is 0 Å². The normalized spacial score (nSPS) is 13.2. The van der Waals surface area contributed by atoms with Gasteiger partial charge in [-0.1, -0.05) is 18.2 Å². The highest BCUT2D eigenvalue weighted by Gasteiger charge is 2.12. The van der Waals surface area contributed by atoms with Crippen LogP contribution in [0.25, 0.3) is 0 Å². The van der Waals surface area contributed by atoms with E-state index in [0.29, 0.717) is 0 Å². The fraction of sp³-hybridized carbons (Fsp3) is 0.353. The highest BCUT2D eigenvalue weighted by Crippen LogP contribution is 2.23. The van der Waals surface area contributed by atoms with Crippen molar-refractivity contribution in [3.63, 3.8) is 0 Å². The highest BCUT2D eigenvalue weighted by molar-refractivity contribution is 5.57. The number of nitrogens with zero attached hydrogens (tertiary/aromatic N) is 1. The van der Waals surface area contributed by atoms with Gasteiger partial charge >= 0.3 is 0 Å². The van der Waals surface area contributed by atoms with Gasteiger partial charge in [0.15, 0.2) is 0 Å². The van der Waals surface area contributed by atoms with Crippen molar-refractivity contribution in [3.8, 4) is 0 Å². The van der Waals surface area contributed by atoms with Crippen molar-refractivity contribution in [1.82, 2.24) is 4.98 Å². The van der Waals surface area contributed by atoms with Crippen LogP contribution in [0.15, 0.2) is 36.4 Å². The lowest BCUT2D eigenvalue weighted by Crippen LogP contribution is -2.01. The van der Waals surface area contributed by atoms with E-state index in [9.17, 15) is 0 Å². The standard InChI is InChI=1S/C17H21N3/c18-11-3-5-13-4-1-7-15(12-13)19-17-10-9-14-6-2-8-16(14)20-17/h1,4,7,9-10,12H,2-3,5-6,8,11,18H2,(H,19,20). The summed E-state index contributed by atoms with van der Waals surface area (Å²) >= 11 is 0. The van der Waals surface area contributed by atoms with E-state index < -0.39 is 0 Å². The Balaban J connectivity index is 1.74. The lowest BCUT2D eigenvalue weighted by atomic mass is 10.1. The molecule has 0 bridgehead atoms. The Morgan fingerprint density at radius 1 is 1.15 bits per heavy atom. The van der Waals surface area contributed by atoms with Crippen LogP contribution in [0.5, 0.6) is 0 Å². The molecular weight excluding hydrogens is 246 g/mol. The van der Waals surface area contributed by atoms with Crippen LogP contribution >= 0.6 is 0 Å². The molecule has 2 aromatic rings. The molecule has 0 aliphatic heterocycles. The molecule has 1 aromatic carbocycles. The predicted octanol–water partition coefficient (Wildman–Crippen LogP) is 3.21. The maximum atomic E-state index is 5.56. The summed E-state index contributed by atoms with van der Waals surface area (Å²) in [5.74, 6) is 0.946. The molecular formula is C17H21N3. The number of anilines is 2. The van der Waals surface area contributed by atoms with Crippen LogP contribution in [0.4, 0.5) is 11.5 Å². The second-order valence-corrected chi connectivity index (χ2v) is 5.37. The van der Waals surface area contributed by atoms with Gasteiger partial charge in [0.1, 0.15) is 5.82 Å². The summed E-state index contributed by atoms with van der Waals surface area (Å²) in [6, 6.07) is 12.8. The summed E-state index contributed by atoms with van der Waals surface area (Å²) in [5, 5.41) is 3.41. The van der Waals surface area contributed by atoms with E-state index in [1.165, 1.54) is 29.7 Å². The molecule has 1 aliphatic rings. The first-order valence-electron chi connectivity index (χ1n) is 7.40. The number of nitrogens with two attached hydrogens (primary N) is 1. The van der Waals surface area contributed by atoms with Crippen molar-refractivity contribution >= 4 is 11.5 Å². The molecule has 20 heavy (non-hydrogen) atoms. The number of aryl methyl sites for hydroxylation is 3. The lowest BCUT2D eigenvalue weighted by molar-refractivity contribution is 0.833. The number of nitrogens with one attached hydrogen (secondary N) is 1. The Hall–Kier alpha value is -1.87. The summed E-state index contributed by atoms with van der Waals surface area (Å²) in [7, 11) is 0. The number of aromatic nitrogens is 1. The second-order valence-electron chi connectivity index (χ2n) is 5.37. The molecule has 0 fully saturated rings. The van der Waals surface area contributed by atoms with Crippen molar-refractivity contribution in [2.75, 3.05) is 11.9 Å². The molecule has 3 N–H and O–H groups in total. The smallest absolute Gasteiger partial charge is 0.130 e. The monoisotopic (exact) mass is 267 g/mol. The molecule has 0 amide bonds. The number of fused-ring (bicyclic) bond motifs is 1. The van der Waals surface area contributed by atoms with Crippen LogP contribution in [0.2, 0.25) is 0 Å². The first-order valence-corrected chi connectivity index (χ1v) is 7.40.